The second kappa shape index (κ2) is 9.06. The number of carbonyl (C=O) groups excluding carboxylic acids is 2. The van der Waals surface area contributed by atoms with Gasteiger partial charge in [-0.05, 0) is 36.4 Å². The third kappa shape index (κ3) is 4.28. The molecule has 1 heterocycles. The quantitative estimate of drug-likeness (QED) is 0.448. The summed E-state index contributed by atoms with van der Waals surface area (Å²) >= 11 is 13.6. The average Bonchev–Trinajstić information content (AvgIpc) is 3.00. The normalized spacial score (nSPS) is 13.7. The van der Waals surface area contributed by atoms with E-state index < -0.39 is 11.8 Å². The van der Waals surface area contributed by atoms with E-state index in [1.807, 2.05) is 30.3 Å². The van der Waals surface area contributed by atoms with Crippen molar-refractivity contribution in [3.8, 4) is 5.75 Å². The molecule has 3 aromatic rings. The SMILES string of the molecule is COc1cccc(NC2=C(Sc3ccccc3)C(=O)N(c3cccc(Cl)c3Cl)C2=O)c1. The summed E-state index contributed by atoms with van der Waals surface area (Å²) < 4.78 is 5.25. The zero-order chi connectivity index (χ0) is 22.0. The fraction of sp³-hybridized carbons (Fsp3) is 0.0435. The highest BCUT2D eigenvalue weighted by atomic mass is 35.5. The van der Waals surface area contributed by atoms with Gasteiger partial charge in [0.15, 0.2) is 0 Å². The van der Waals surface area contributed by atoms with Crippen molar-refractivity contribution >= 4 is 58.2 Å². The molecule has 156 valence electrons. The first-order valence-corrected chi connectivity index (χ1v) is 10.8. The first-order valence-electron chi connectivity index (χ1n) is 9.20. The number of nitrogens with one attached hydrogen (secondary N) is 1. The minimum absolute atomic E-state index is 0.137. The second-order valence-corrected chi connectivity index (χ2v) is 8.36. The van der Waals surface area contributed by atoms with Crippen molar-refractivity contribution in [2.75, 3.05) is 17.3 Å². The number of hydrogen-bond acceptors (Lipinski definition) is 5. The van der Waals surface area contributed by atoms with Gasteiger partial charge in [0.25, 0.3) is 11.8 Å². The van der Waals surface area contributed by atoms with Crippen molar-refractivity contribution in [3.05, 3.63) is 93.4 Å². The summed E-state index contributed by atoms with van der Waals surface area (Å²) in [6.07, 6.45) is 0. The molecule has 5 nitrogen and oxygen atoms in total. The van der Waals surface area contributed by atoms with Crippen molar-refractivity contribution in [1.82, 2.24) is 0 Å². The van der Waals surface area contributed by atoms with Gasteiger partial charge >= 0.3 is 0 Å². The van der Waals surface area contributed by atoms with Crippen LogP contribution in [0.3, 0.4) is 0 Å². The molecule has 1 N–H and O–H groups in total. The first-order chi connectivity index (χ1) is 15.0. The molecular weight excluding hydrogens is 455 g/mol. The maximum absolute atomic E-state index is 13.4. The van der Waals surface area contributed by atoms with Crippen LogP contribution < -0.4 is 15.0 Å². The highest BCUT2D eigenvalue weighted by Crippen LogP contribution is 2.41. The molecule has 0 saturated carbocycles. The van der Waals surface area contributed by atoms with Crippen LogP contribution in [0.1, 0.15) is 0 Å². The van der Waals surface area contributed by atoms with E-state index in [-0.39, 0.29) is 26.3 Å². The van der Waals surface area contributed by atoms with Gasteiger partial charge in [0.1, 0.15) is 16.4 Å². The molecule has 31 heavy (non-hydrogen) atoms. The Hall–Kier alpha value is -2.93. The zero-order valence-corrected chi connectivity index (χ0v) is 18.6. The number of benzene rings is 3. The van der Waals surface area contributed by atoms with Gasteiger partial charge in [-0.2, -0.15) is 0 Å². The molecule has 0 bridgehead atoms. The van der Waals surface area contributed by atoms with Crippen molar-refractivity contribution in [1.29, 1.82) is 0 Å². The van der Waals surface area contributed by atoms with E-state index in [0.29, 0.717) is 11.4 Å². The number of carbonyl (C=O) groups is 2. The van der Waals surface area contributed by atoms with Gasteiger partial charge in [-0.25, -0.2) is 4.90 Å². The summed E-state index contributed by atoms with van der Waals surface area (Å²) in [6, 6.07) is 21.3. The predicted octanol–water partition coefficient (Wildman–Crippen LogP) is 5.99. The number of methoxy groups -OCH3 is 1. The van der Waals surface area contributed by atoms with Crippen LogP contribution in [0.2, 0.25) is 10.0 Å². The van der Waals surface area contributed by atoms with Crippen LogP contribution in [0.4, 0.5) is 11.4 Å². The van der Waals surface area contributed by atoms with Crippen molar-refractivity contribution in [2.24, 2.45) is 0 Å². The minimum atomic E-state index is -0.518. The second-order valence-electron chi connectivity index (χ2n) is 6.49. The van der Waals surface area contributed by atoms with Crippen molar-refractivity contribution < 1.29 is 14.3 Å². The van der Waals surface area contributed by atoms with Crippen LogP contribution in [-0.4, -0.2) is 18.9 Å². The molecule has 8 heteroatoms. The van der Waals surface area contributed by atoms with E-state index in [1.165, 1.54) is 11.8 Å². The fourth-order valence-electron chi connectivity index (χ4n) is 3.05. The third-order valence-electron chi connectivity index (χ3n) is 4.52. The number of thioether (sulfide) groups is 1. The molecule has 0 aliphatic carbocycles. The molecule has 1 aliphatic heterocycles. The summed E-state index contributed by atoms with van der Waals surface area (Å²) in [5.74, 6) is -0.377. The number of anilines is 2. The van der Waals surface area contributed by atoms with Gasteiger partial charge < -0.3 is 10.1 Å². The Morgan fingerprint density at radius 1 is 0.903 bits per heavy atom. The molecule has 0 spiro atoms. The lowest BCUT2D eigenvalue weighted by atomic mass is 10.2. The van der Waals surface area contributed by atoms with Crippen LogP contribution in [-0.2, 0) is 9.59 Å². The molecule has 1 aliphatic rings. The summed E-state index contributed by atoms with van der Waals surface area (Å²) in [7, 11) is 1.56. The monoisotopic (exact) mass is 470 g/mol. The fourth-order valence-corrected chi connectivity index (χ4v) is 4.38. The highest BCUT2D eigenvalue weighted by molar-refractivity contribution is 8.04. The number of rotatable bonds is 6. The maximum Gasteiger partial charge on any atom is 0.283 e. The van der Waals surface area contributed by atoms with Gasteiger partial charge in [0.05, 0.1) is 22.8 Å². The Kier molecular flexibility index (Phi) is 6.23. The lowest BCUT2D eigenvalue weighted by Gasteiger charge is -2.17. The highest BCUT2D eigenvalue weighted by Gasteiger charge is 2.41. The Bertz CT molecular complexity index is 1200. The van der Waals surface area contributed by atoms with E-state index in [4.69, 9.17) is 27.9 Å². The average molecular weight is 471 g/mol. The van der Waals surface area contributed by atoms with E-state index in [9.17, 15) is 9.59 Å². The summed E-state index contributed by atoms with van der Waals surface area (Å²) in [5, 5.41) is 3.48. The molecular formula is C23H16Cl2N2O3S. The lowest BCUT2D eigenvalue weighted by molar-refractivity contribution is -0.120. The van der Waals surface area contributed by atoms with Crippen LogP contribution in [0.15, 0.2) is 88.3 Å². The van der Waals surface area contributed by atoms with Crippen LogP contribution >= 0.6 is 35.0 Å². The molecule has 0 saturated heterocycles. The van der Waals surface area contributed by atoms with E-state index in [1.54, 1.807) is 49.6 Å². The third-order valence-corrected chi connectivity index (χ3v) is 6.42. The molecule has 0 radical (unpaired) electrons. The number of hydrogen-bond donors (Lipinski definition) is 1. The Balaban J connectivity index is 1.77. The van der Waals surface area contributed by atoms with Gasteiger partial charge in [-0.3, -0.25) is 9.59 Å². The largest absolute Gasteiger partial charge is 0.497 e. The van der Waals surface area contributed by atoms with Crippen LogP contribution in [0.5, 0.6) is 5.75 Å². The van der Waals surface area contributed by atoms with Gasteiger partial charge in [-0.15, -0.1) is 0 Å². The molecule has 0 fully saturated rings. The smallest absolute Gasteiger partial charge is 0.283 e. The molecule has 2 amide bonds. The van der Waals surface area contributed by atoms with Crippen LogP contribution in [0.25, 0.3) is 0 Å². The summed E-state index contributed by atoms with van der Waals surface area (Å²) in [5.41, 5.74) is 1.00. The first kappa shape index (κ1) is 21.3. The number of ether oxygens (including phenoxy) is 1. The molecule has 3 aromatic carbocycles. The molecule has 0 unspecified atom stereocenters. The number of nitrogens with zero attached hydrogens (tertiary/aromatic N) is 1. The van der Waals surface area contributed by atoms with Gasteiger partial charge in [0, 0.05) is 16.6 Å². The molecule has 0 aromatic heterocycles. The lowest BCUT2D eigenvalue weighted by Crippen LogP contribution is -2.32. The van der Waals surface area contributed by atoms with E-state index in [0.717, 1.165) is 9.80 Å². The van der Waals surface area contributed by atoms with Gasteiger partial charge in [-0.1, -0.05) is 65.3 Å². The Labute approximate surface area is 193 Å². The van der Waals surface area contributed by atoms with Crippen LogP contribution in [0, 0.1) is 0 Å². The molecule has 4 rings (SSSR count). The van der Waals surface area contributed by atoms with Crippen molar-refractivity contribution in [2.45, 2.75) is 4.90 Å². The number of halogens is 2. The molecule has 0 atom stereocenters. The number of amides is 2. The van der Waals surface area contributed by atoms with Gasteiger partial charge in [0.2, 0.25) is 0 Å². The Morgan fingerprint density at radius 3 is 2.39 bits per heavy atom. The zero-order valence-electron chi connectivity index (χ0n) is 16.3. The minimum Gasteiger partial charge on any atom is -0.497 e. The predicted molar refractivity (Wildman–Crippen MR) is 125 cm³/mol. The standard InChI is InChI=1S/C23H16Cl2N2O3S/c1-30-15-8-5-7-14(13-15)26-20-21(31-16-9-3-2-4-10-16)23(29)27(22(20)28)18-12-6-11-17(24)19(18)25/h2-13,26H,1H3. The maximum atomic E-state index is 13.4. The van der Waals surface area contributed by atoms with E-state index in [2.05, 4.69) is 5.32 Å². The van der Waals surface area contributed by atoms with E-state index >= 15 is 0 Å². The summed E-state index contributed by atoms with van der Waals surface area (Å²) in [6.45, 7) is 0. The summed E-state index contributed by atoms with van der Waals surface area (Å²) in [4.78, 5) is 28.9. The van der Waals surface area contributed by atoms with Crippen molar-refractivity contribution in [3.63, 3.8) is 0 Å². The Morgan fingerprint density at radius 2 is 1.65 bits per heavy atom. The number of imide groups is 1. The topological polar surface area (TPSA) is 58.6 Å².